The van der Waals surface area contributed by atoms with E-state index < -0.39 is 0 Å². The van der Waals surface area contributed by atoms with Crippen molar-refractivity contribution < 1.29 is 9.57 Å². The average Bonchev–Trinajstić information content (AvgIpc) is 2.58. The first-order valence-corrected chi connectivity index (χ1v) is 8.67. The Morgan fingerprint density at radius 2 is 2.04 bits per heavy atom. The van der Waals surface area contributed by atoms with E-state index in [0.717, 1.165) is 60.5 Å². The zero-order valence-corrected chi connectivity index (χ0v) is 15.5. The Morgan fingerprint density at radius 3 is 2.75 bits per heavy atom. The fourth-order valence-electron chi connectivity index (χ4n) is 2.75. The summed E-state index contributed by atoms with van der Waals surface area (Å²) < 4.78 is 6.26. The van der Waals surface area contributed by atoms with Gasteiger partial charge in [0.1, 0.15) is 19.0 Å². The van der Waals surface area contributed by atoms with Crippen molar-refractivity contribution in [1.29, 1.82) is 0 Å². The third kappa shape index (κ3) is 4.73. The number of hydrogen-bond acceptors (Lipinski definition) is 4. The molecule has 5 nitrogen and oxygen atoms in total. The van der Waals surface area contributed by atoms with Gasteiger partial charge in [-0.05, 0) is 69.7 Å². The van der Waals surface area contributed by atoms with Crippen molar-refractivity contribution in [2.24, 2.45) is 10.1 Å². The lowest BCUT2D eigenvalue weighted by Gasteiger charge is -2.25. The summed E-state index contributed by atoms with van der Waals surface area (Å²) in [5.74, 6) is 0.908. The van der Waals surface area contributed by atoms with E-state index in [0.29, 0.717) is 0 Å². The van der Waals surface area contributed by atoms with Gasteiger partial charge in [-0.1, -0.05) is 5.16 Å². The molecule has 1 aliphatic rings. The maximum Gasteiger partial charge on any atom is 0.140 e. The molecule has 0 amide bonds. The maximum absolute atomic E-state index is 6.26. The Bertz CT molecular complexity index is 611. The lowest BCUT2D eigenvalue weighted by Crippen LogP contribution is -2.31. The monoisotopic (exact) mass is 331 g/mol. The summed E-state index contributed by atoms with van der Waals surface area (Å²) in [5, 5.41) is 4.15. The maximum atomic E-state index is 6.26. The number of aliphatic imine (C=N–C) groups is 1. The van der Waals surface area contributed by atoms with Crippen LogP contribution < -0.4 is 4.74 Å². The predicted octanol–water partition coefficient (Wildman–Crippen LogP) is 4.24. The van der Waals surface area contributed by atoms with E-state index >= 15 is 0 Å². The van der Waals surface area contributed by atoms with Crippen molar-refractivity contribution >= 4 is 17.7 Å². The minimum Gasteiger partial charge on any atom is -0.484 e. The second-order valence-electron chi connectivity index (χ2n) is 6.34. The fourth-order valence-corrected chi connectivity index (χ4v) is 2.75. The summed E-state index contributed by atoms with van der Waals surface area (Å²) in [5.41, 5.74) is 4.19. The van der Waals surface area contributed by atoms with E-state index in [2.05, 4.69) is 48.0 Å². The Hall–Kier alpha value is -2.04. The standard InChI is InChI=1S/C19H29N3O2/c1-6-22(4)13-20-17-11-15(3)19(12-14(17)2)24-18-10-8-7-9-16(18)21-23-5/h11-13,18H,6-10H2,1-5H3/b20-13+,21-16-. The quantitative estimate of drug-likeness (QED) is 0.445. The molecule has 1 aliphatic carbocycles. The number of aryl methyl sites for hydroxylation is 2. The number of benzene rings is 1. The van der Waals surface area contributed by atoms with Gasteiger partial charge in [0.25, 0.3) is 0 Å². The van der Waals surface area contributed by atoms with E-state index in [1.807, 2.05) is 13.4 Å². The van der Waals surface area contributed by atoms with Crippen LogP contribution in [0.5, 0.6) is 5.75 Å². The van der Waals surface area contributed by atoms with Crippen LogP contribution in [0.25, 0.3) is 0 Å². The molecule has 2 rings (SSSR count). The first-order chi connectivity index (χ1) is 11.5. The zero-order valence-electron chi connectivity index (χ0n) is 15.5. The van der Waals surface area contributed by atoms with Crippen LogP contribution in [0.15, 0.2) is 22.3 Å². The van der Waals surface area contributed by atoms with Gasteiger partial charge in [-0.15, -0.1) is 0 Å². The van der Waals surface area contributed by atoms with Crippen molar-refractivity contribution in [1.82, 2.24) is 4.90 Å². The number of rotatable bonds is 6. The van der Waals surface area contributed by atoms with Gasteiger partial charge in [0, 0.05) is 13.6 Å². The Morgan fingerprint density at radius 1 is 1.25 bits per heavy atom. The molecular formula is C19H29N3O2. The van der Waals surface area contributed by atoms with Crippen LogP contribution in [0.4, 0.5) is 5.69 Å². The molecule has 1 saturated carbocycles. The molecule has 1 fully saturated rings. The molecule has 132 valence electrons. The minimum absolute atomic E-state index is 0.0115. The van der Waals surface area contributed by atoms with Crippen molar-refractivity contribution in [3.63, 3.8) is 0 Å². The summed E-state index contributed by atoms with van der Waals surface area (Å²) >= 11 is 0. The van der Waals surface area contributed by atoms with Crippen molar-refractivity contribution in [3.8, 4) is 5.75 Å². The zero-order chi connectivity index (χ0) is 17.5. The second-order valence-corrected chi connectivity index (χ2v) is 6.34. The summed E-state index contributed by atoms with van der Waals surface area (Å²) in [6, 6.07) is 4.16. The lowest BCUT2D eigenvalue weighted by molar-refractivity contribution is 0.190. The van der Waals surface area contributed by atoms with E-state index in [1.165, 1.54) is 0 Å². The van der Waals surface area contributed by atoms with Gasteiger partial charge < -0.3 is 14.5 Å². The van der Waals surface area contributed by atoms with Crippen LogP contribution in [0.2, 0.25) is 0 Å². The lowest BCUT2D eigenvalue weighted by atomic mass is 9.95. The third-order valence-electron chi connectivity index (χ3n) is 4.38. The van der Waals surface area contributed by atoms with Crippen molar-refractivity contribution in [3.05, 3.63) is 23.3 Å². The van der Waals surface area contributed by atoms with E-state index in [9.17, 15) is 0 Å². The van der Waals surface area contributed by atoms with E-state index in [1.54, 1.807) is 7.11 Å². The van der Waals surface area contributed by atoms with Crippen LogP contribution in [-0.4, -0.2) is 43.8 Å². The first kappa shape index (κ1) is 18.3. The molecule has 1 aromatic rings. The number of ether oxygens (including phenoxy) is 1. The number of oxime groups is 1. The molecule has 5 heteroatoms. The normalized spacial score (nSPS) is 19.7. The Kier molecular flexibility index (Phi) is 6.64. The highest BCUT2D eigenvalue weighted by molar-refractivity contribution is 5.89. The average molecular weight is 331 g/mol. The highest BCUT2D eigenvalue weighted by Gasteiger charge is 2.23. The fraction of sp³-hybridized carbons (Fsp3) is 0.579. The van der Waals surface area contributed by atoms with Gasteiger partial charge in [0.05, 0.1) is 17.7 Å². The summed E-state index contributed by atoms with van der Waals surface area (Å²) in [6.07, 6.45) is 6.13. The predicted molar refractivity (Wildman–Crippen MR) is 99.7 cm³/mol. The number of hydrogen-bond donors (Lipinski definition) is 0. The smallest absolute Gasteiger partial charge is 0.140 e. The molecule has 1 unspecified atom stereocenters. The molecule has 0 heterocycles. The van der Waals surface area contributed by atoms with Crippen LogP contribution in [0.1, 0.15) is 43.7 Å². The minimum atomic E-state index is 0.0115. The van der Waals surface area contributed by atoms with Gasteiger partial charge in [0.2, 0.25) is 0 Å². The molecule has 24 heavy (non-hydrogen) atoms. The Balaban J connectivity index is 2.18. The molecule has 0 spiro atoms. The first-order valence-electron chi connectivity index (χ1n) is 8.67. The van der Waals surface area contributed by atoms with Gasteiger partial charge in [-0.2, -0.15) is 0 Å². The summed E-state index contributed by atoms with van der Waals surface area (Å²) in [7, 11) is 3.61. The number of nitrogens with zero attached hydrogens (tertiary/aromatic N) is 3. The molecule has 0 aliphatic heterocycles. The third-order valence-corrected chi connectivity index (χ3v) is 4.38. The van der Waals surface area contributed by atoms with Crippen molar-refractivity contribution in [2.45, 2.75) is 52.6 Å². The summed E-state index contributed by atoms with van der Waals surface area (Å²) in [6.45, 7) is 7.17. The second kappa shape index (κ2) is 8.71. The molecule has 0 aromatic heterocycles. The van der Waals surface area contributed by atoms with Crippen molar-refractivity contribution in [2.75, 3.05) is 20.7 Å². The van der Waals surface area contributed by atoms with Gasteiger partial charge in [-0.3, -0.25) is 0 Å². The topological polar surface area (TPSA) is 46.4 Å². The van der Waals surface area contributed by atoms with Crippen LogP contribution in [0, 0.1) is 13.8 Å². The van der Waals surface area contributed by atoms with Gasteiger partial charge in [0.15, 0.2) is 0 Å². The van der Waals surface area contributed by atoms with Gasteiger partial charge >= 0.3 is 0 Å². The highest BCUT2D eigenvalue weighted by Crippen LogP contribution is 2.30. The molecule has 1 aromatic carbocycles. The molecule has 0 bridgehead atoms. The molecule has 1 atom stereocenters. The van der Waals surface area contributed by atoms with Gasteiger partial charge in [-0.25, -0.2) is 4.99 Å². The van der Waals surface area contributed by atoms with Crippen LogP contribution in [0.3, 0.4) is 0 Å². The van der Waals surface area contributed by atoms with Crippen LogP contribution >= 0.6 is 0 Å². The van der Waals surface area contributed by atoms with E-state index in [-0.39, 0.29) is 6.10 Å². The highest BCUT2D eigenvalue weighted by atomic mass is 16.6. The molecular weight excluding hydrogens is 302 g/mol. The Labute approximate surface area is 145 Å². The molecule has 0 N–H and O–H groups in total. The molecule has 0 saturated heterocycles. The SMILES string of the molecule is CCN(C)/C=N/c1cc(C)c(OC2CCCC/C2=N/OC)cc1C. The molecule has 0 radical (unpaired) electrons. The van der Waals surface area contributed by atoms with E-state index in [4.69, 9.17) is 9.57 Å². The largest absolute Gasteiger partial charge is 0.484 e. The summed E-state index contributed by atoms with van der Waals surface area (Å²) in [4.78, 5) is 11.6. The van der Waals surface area contributed by atoms with Crippen LogP contribution in [-0.2, 0) is 4.84 Å².